The summed E-state index contributed by atoms with van der Waals surface area (Å²) in [4.78, 5) is 12.0. The summed E-state index contributed by atoms with van der Waals surface area (Å²) in [6, 6.07) is 21.6. The maximum atomic E-state index is 12.0. The number of hydrogen-bond acceptors (Lipinski definition) is 7. The molecule has 1 atom stereocenters. The Morgan fingerprint density at radius 1 is 0.886 bits per heavy atom. The van der Waals surface area contributed by atoms with E-state index in [9.17, 15) is 18.3 Å². The third-order valence-electron chi connectivity index (χ3n) is 5.10. The first-order chi connectivity index (χ1) is 16.7. The van der Waals surface area contributed by atoms with Gasteiger partial charge < -0.3 is 14.0 Å². The summed E-state index contributed by atoms with van der Waals surface area (Å²) >= 11 is 5.67. The van der Waals surface area contributed by atoms with Gasteiger partial charge in [-0.25, -0.2) is 0 Å². The lowest BCUT2D eigenvalue weighted by atomic mass is 10.1. The molecule has 9 heteroatoms. The van der Waals surface area contributed by atoms with Gasteiger partial charge in [0.05, 0.1) is 18.1 Å². The van der Waals surface area contributed by atoms with E-state index in [2.05, 4.69) is 12.6 Å². The molecule has 0 spiro atoms. The van der Waals surface area contributed by atoms with Crippen molar-refractivity contribution < 1.29 is 27.2 Å². The van der Waals surface area contributed by atoms with Gasteiger partial charge in [-0.05, 0) is 71.7 Å². The minimum Gasteiger partial charge on any atom is -0.508 e. The van der Waals surface area contributed by atoms with Crippen LogP contribution in [0.5, 0.6) is 17.2 Å². The fraction of sp³-hybridized carbons (Fsp3) is 0.269. The van der Waals surface area contributed by atoms with Gasteiger partial charge in [-0.15, -0.1) is 24.4 Å². The highest BCUT2D eigenvalue weighted by Crippen LogP contribution is 2.22. The van der Waals surface area contributed by atoms with Crippen molar-refractivity contribution in [3.8, 4) is 17.2 Å². The molecular weight excluding hydrogens is 504 g/mol. The summed E-state index contributed by atoms with van der Waals surface area (Å²) in [7, 11) is -3.55. The van der Waals surface area contributed by atoms with E-state index in [4.69, 9.17) is 8.92 Å². The number of hydrogen-bond donors (Lipinski definition) is 2. The second-order valence-electron chi connectivity index (χ2n) is 7.99. The maximum Gasteiger partial charge on any atom is 0.306 e. The Morgan fingerprint density at radius 3 is 2.03 bits per heavy atom. The zero-order valence-corrected chi connectivity index (χ0v) is 21.8. The van der Waals surface area contributed by atoms with Crippen LogP contribution in [0.3, 0.4) is 0 Å². The Labute approximate surface area is 216 Å². The van der Waals surface area contributed by atoms with Crippen molar-refractivity contribution in [2.75, 3.05) is 18.6 Å². The van der Waals surface area contributed by atoms with Gasteiger partial charge in [0, 0.05) is 6.42 Å². The molecular formula is C26H28O6S3. The lowest BCUT2D eigenvalue weighted by molar-refractivity contribution is -0.110. The van der Waals surface area contributed by atoms with E-state index in [1.807, 2.05) is 36.4 Å². The average molecular weight is 533 g/mol. The van der Waals surface area contributed by atoms with Crippen molar-refractivity contribution in [1.29, 1.82) is 0 Å². The second kappa shape index (κ2) is 12.9. The molecule has 0 aromatic heterocycles. The number of ether oxygens (including phenoxy) is 1. The molecule has 3 rings (SSSR count). The fourth-order valence-electron chi connectivity index (χ4n) is 3.31. The molecule has 0 fully saturated rings. The zero-order valence-electron chi connectivity index (χ0n) is 19.3. The third kappa shape index (κ3) is 9.87. The van der Waals surface area contributed by atoms with Gasteiger partial charge in [0.15, 0.2) is 5.12 Å². The number of carbonyl (C=O) groups is 1. The van der Waals surface area contributed by atoms with Crippen LogP contribution in [0, 0.1) is 0 Å². The number of rotatable bonds is 13. The van der Waals surface area contributed by atoms with E-state index in [-0.39, 0.29) is 21.9 Å². The van der Waals surface area contributed by atoms with Crippen LogP contribution in [0.4, 0.5) is 0 Å². The van der Waals surface area contributed by atoms with Crippen LogP contribution in [-0.2, 0) is 34.2 Å². The van der Waals surface area contributed by atoms with Crippen LogP contribution in [0.25, 0.3) is 0 Å². The first kappa shape index (κ1) is 27.0. The number of phenolic OH excluding ortho intramolecular Hbond substituents is 1. The van der Waals surface area contributed by atoms with Gasteiger partial charge in [-0.1, -0.05) is 36.4 Å². The number of aromatic hydroxyl groups is 1. The summed E-state index contributed by atoms with van der Waals surface area (Å²) < 4.78 is 32.9. The Hall–Kier alpha value is -2.62. The Kier molecular flexibility index (Phi) is 9.94. The number of aryl methyl sites for hydroxylation is 1. The lowest BCUT2D eigenvalue weighted by Gasteiger charge is -2.14. The minimum absolute atomic E-state index is 0.133. The molecule has 1 unspecified atom stereocenters. The zero-order chi connectivity index (χ0) is 25.3. The van der Waals surface area contributed by atoms with Crippen molar-refractivity contribution >= 4 is 39.6 Å². The standard InChI is InChI=1S/C26H28O6S3/c1-35(29,30)32-24-12-10-23(11-13-24)31-16-14-19-2-4-21(5-3-19)18-25(26(28)33)34-17-15-20-6-8-22(27)9-7-20/h2-13,25,27H,14-18H2,1H3,(H,28,33). The molecule has 0 heterocycles. The molecule has 0 radical (unpaired) electrons. The Morgan fingerprint density at radius 2 is 1.43 bits per heavy atom. The fourth-order valence-corrected chi connectivity index (χ4v) is 5.17. The first-order valence-corrected chi connectivity index (χ1v) is 14.3. The lowest BCUT2D eigenvalue weighted by Crippen LogP contribution is -2.16. The molecule has 0 amide bonds. The minimum atomic E-state index is -3.55. The summed E-state index contributed by atoms with van der Waals surface area (Å²) in [6.45, 7) is 0.469. The van der Waals surface area contributed by atoms with Crippen molar-refractivity contribution in [1.82, 2.24) is 0 Å². The van der Waals surface area contributed by atoms with Gasteiger partial charge in [0.1, 0.15) is 17.2 Å². The van der Waals surface area contributed by atoms with E-state index in [0.717, 1.165) is 35.1 Å². The molecule has 1 N–H and O–H groups in total. The van der Waals surface area contributed by atoms with Crippen molar-refractivity contribution in [2.45, 2.75) is 24.5 Å². The molecule has 35 heavy (non-hydrogen) atoms. The number of thiol groups is 1. The number of carbonyl (C=O) groups excluding carboxylic acids is 1. The van der Waals surface area contributed by atoms with E-state index in [1.54, 1.807) is 48.2 Å². The van der Waals surface area contributed by atoms with E-state index < -0.39 is 10.1 Å². The molecule has 3 aromatic carbocycles. The quantitative estimate of drug-likeness (QED) is 0.244. The van der Waals surface area contributed by atoms with Crippen molar-refractivity contribution in [3.63, 3.8) is 0 Å². The van der Waals surface area contributed by atoms with Crippen LogP contribution in [0.1, 0.15) is 16.7 Å². The Bertz CT molecular complexity index is 1190. The van der Waals surface area contributed by atoms with Gasteiger partial charge in [-0.2, -0.15) is 8.42 Å². The summed E-state index contributed by atoms with van der Waals surface area (Å²) in [5, 5.41) is 9.02. The monoisotopic (exact) mass is 532 g/mol. The van der Waals surface area contributed by atoms with Gasteiger partial charge in [0.25, 0.3) is 0 Å². The molecule has 0 saturated heterocycles. The van der Waals surface area contributed by atoms with E-state index in [1.165, 1.54) is 0 Å². The van der Waals surface area contributed by atoms with Crippen molar-refractivity contribution in [3.05, 3.63) is 89.5 Å². The van der Waals surface area contributed by atoms with Gasteiger partial charge >= 0.3 is 10.1 Å². The predicted molar refractivity (Wildman–Crippen MR) is 143 cm³/mol. The van der Waals surface area contributed by atoms with Crippen LogP contribution < -0.4 is 8.92 Å². The molecule has 0 aliphatic carbocycles. The van der Waals surface area contributed by atoms with Crippen LogP contribution in [0.2, 0.25) is 0 Å². The van der Waals surface area contributed by atoms with Gasteiger partial charge in [0.2, 0.25) is 0 Å². The topological polar surface area (TPSA) is 89.9 Å². The number of phenols is 1. The smallest absolute Gasteiger partial charge is 0.306 e. The van der Waals surface area contributed by atoms with Crippen LogP contribution in [0.15, 0.2) is 72.8 Å². The largest absolute Gasteiger partial charge is 0.508 e. The SMILES string of the molecule is CS(=O)(=O)Oc1ccc(OCCc2ccc(CC(SCCc3ccc(O)cc3)C(=O)S)cc2)cc1. The summed E-state index contributed by atoms with van der Waals surface area (Å²) in [6.07, 6.45) is 3.13. The summed E-state index contributed by atoms with van der Waals surface area (Å²) in [5.41, 5.74) is 3.30. The number of benzene rings is 3. The normalized spacial score (nSPS) is 12.2. The highest BCUT2D eigenvalue weighted by molar-refractivity contribution is 8.05. The molecule has 6 nitrogen and oxygen atoms in total. The molecule has 0 aliphatic rings. The molecule has 186 valence electrons. The maximum absolute atomic E-state index is 12.0. The Balaban J connectivity index is 1.43. The molecule has 0 bridgehead atoms. The average Bonchev–Trinajstić information content (AvgIpc) is 2.81. The molecule has 0 aliphatic heterocycles. The predicted octanol–water partition coefficient (Wildman–Crippen LogP) is 4.70. The van der Waals surface area contributed by atoms with E-state index >= 15 is 0 Å². The van der Waals surface area contributed by atoms with Crippen molar-refractivity contribution in [2.24, 2.45) is 0 Å². The number of thioether (sulfide) groups is 1. The first-order valence-electron chi connectivity index (χ1n) is 11.0. The van der Waals surface area contributed by atoms with Gasteiger partial charge in [-0.3, -0.25) is 4.79 Å². The third-order valence-corrected chi connectivity index (χ3v) is 7.30. The highest BCUT2D eigenvalue weighted by Gasteiger charge is 2.16. The van der Waals surface area contributed by atoms with Crippen LogP contribution in [-0.4, -0.2) is 42.5 Å². The second-order valence-corrected chi connectivity index (χ2v) is 11.3. The summed E-state index contributed by atoms with van der Waals surface area (Å²) in [5.74, 6) is 1.91. The van der Waals surface area contributed by atoms with Crippen LogP contribution >= 0.6 is 24.4 Å². The molecule has 3 aromatic rings. The highest BCUT2D eigenvalue weighted by atomic mass is 32.2. The van der Waals surface area contributed by atoms with E-state index in [0.29, 0.717) is 25.2 Å². The molecule has 0 saturated carbocycles.